The molecule has 9 heavy (non-hydrogen) atoms. The van der Waals surface area contributed by atoms with Gasteiger partial charge in [-0.15, -0.1) is 0 Å². The molecule has 4 heteroatoms. The van der Waals surface area contributed by atoms with Crippen molar-refractivity contribution in [1.29, 1.82) is 0 Å². The van der Waals surface area contributed by atoms with Gasteiger partial charge in [0.2, 0.25) is 0 Å². The molecule has 0 radical (unpaired) electrons. The monoisotopic (exact) mass is 118 g/mol. The molecular weight excluding hydrogens is 110 g/mol. The molecule has 2 nitrogen and oxygen atoms in total. The first-order valence-corrected chi connectivity index (χ1v) is 2.97. The summed E-state index contributed by atoms with van der Waals surface area (Å²) in [5.41, 5.74) is 6.49. The average Bonchev–Trinajstić information content (AvgIpc) is 1.90. The van der Waals surface area contributed by atoms with Crippen molar-refractivity contribution < 1.29 is 0 Å². The standard InChI is InChI=1S/C5H8B2N2/c1-7(8)5-3-2-4-6-9-5/h2-4H,8H2,1H3. The summed E-state index contributed by atoms with van der Waals surface area (Å²) in [4.78, 5) is 4.05. The van der Waals surface area contributed by atoms with E-state index in [0.717, 1.165) is 5.59 Å². The van der Waals surface area contributed by atoms with Crippen molar-refractivity contribution in [2.75, 3.05) is 0 Å². The maximum atomic E-state index is 5.55. The van der Waals surface area contributed by atoms with Crippen molar-refractivity contribution >= 4 is 19.5 Å². The number of nitrogens with zero attached hydrogens (tertiary/aromatic N) is 1. The van der Waals surface area contributed by atoms with E-state index in [1.807, 2.05) is 24.9 Å². The van der Waals surface area contributed by atoms with Crippen LogP contribution in [-0.4, -0.2) is 18.8 Å². The molecule has 0 amide bonds. The normalized spacial score (nSPS) is 8.67. The second-order valence-corrected chi connectivity index (χ2v) is 2.04. The summed E-state index contributed by atoms with van der Waals surface area (Å²) in [6, 6.07) is 3.86. The van der Waals surface area contributed by atoms with Crippen molar-refractivity contribution in [2.24, 2.45) is 5.64 Å². The molecular formula is C5H8B2N2. The molecule has 0 bridgehead atoms. The Morgan fingerprint density at radius 3 is 2.89 bits per heavy atom. The fraction of sp³-hybridized carbons (Fsp3) is 0.200. The summed E-state index contributed by atoms with van der Waals surface area (Å²) >= 11 is 0. The van der Waals surface area contributed by atoms with E-state index >= 15 is 0 Å². The van der Waals surface area contributed by atoms with Crippen LogP contribution < -0.4 is 11.2 Å². The van der Waals surface area contributed by atoms with Crippen molar-refractivity contribution in [3.05, 3.63) is 18.1 Å². The number of rotatable bonds is 1. The van der Waals surface area contributed by atoms with Crippen LogP contribution in [0.15, 0.2) is 18.1 Å². The van der Waals surface area contributed by atoms with Gasteiger partial charge in [-0.1, -0.05) is 0 Å². The van der Waals surface area contributed by atoms with Crippen LogP contribution in [0.4, 0.5) is 0 Å². The van der Waals surface area contributed by atoms with E-state index in [-0.39, 0.29) is 6.85 Å². The van der Waals surface area contributed by atoms with Gasteiger partial charge in [-0.2, -0.15) is 0 Å². The molecule has 44 valence electrons. The predicted octanol–water partition coefficient (Wildman–Crippen LogP) is -0.793. The first-order chi connectivity index (χ1) is 4.30. The third kappa shape index (κ3) is 1.64. The van der Waals surface area contributed by atoms with Crippen LogP contribution >= 0.6 is 0 Å². The van der Waals surface area contributed by atoms with Gasteiger partial charge in [0.25, 0.3) is 0 Å². The quantitative estimate of drug-likeness (QED) is 0.490. The second kappa shape index (κ2) is 2.78. The number of aromatic nitrogens is 1. The molecule has 0 saturated carbocycles. The van der Waals surface area contributed by atoms with Crippen molar-refractivity contribution in [3.63, 3.8) is 0 Å². The van der Waals surface area contributed by atoms with Crippen LogP contribution in [0.1, 0.15) is 0 Å². The molecule has 0 aliphatic carbocycles. The summed E-state index contributed by atoms with van der Waals surface area (Å²) in [5.74, 6) is 1.88. The predicted molar refractivity (Wildman–Crippen MR) is 41.0 cm³/mol. The Balaban J connectivity index is 2.85. The van der Waals surface area contributed by atoms with E-state index in [0.29, 0.717) is 0 Å². The molecule has 1 aromatic heterocycles. The Morgan fingerprint density at radius 2 is 2.56 bits per heavy atom. The number of nitrogens with two attached hydrogens (primary N) is 1. The third-order valence-electron chi connectivity index (χ3n) is 1.15. The SMILES string of the molecule is CB(N)c1cccbn1. The number of hydrogen-bond donors (Lipinski definition) is 1. The van der Waals surface area contributed by atoms with Crippen LogP contribution in [0, 0.1) is 0 Å². The summed E-state index contributed by atoms with van der Waals surface area (Å²) in [7, 11) is 1.75. The van der Waals surface area contributed by atoms with Crippen LogP contribution in [-0.2, 0) is 0 Å². The summed E-state index contributed by atoms with van der Waals surface area (Å²) in [6.45, 7) is 1.97. The average molecular weight is 118 g/mol. The van der Waals surface area contributed by atoms with Gasteiger partial charge in [0.15, 0.2) is 0 Å². The van der Waals surface area contributed by atoms with Gasteiger partial charge >= 0.3 is 54.9 Å². The molecule has 1 heterocycles. The van der Waals surface area contributed by atoms with Gasteiger partial charge < -0.3 is 0 Å². The number of hydrogen-bond acceptors (Lipinski definition) is 2. The molecule has 0 aliphatic rings. The topological polar surface area (TPSA) is 38.9 Å². The molecule has 1 rings (SSSR count). The maximum absolute atomic E-state index is 5.55. The molecule has 0 aliphatic heterocycles. The van der Waals surface area contributed by atoms with Crippen molar-refractivity contribution in [1.82, 2.24) is 4.89 Å². The van der Waals surface area contributed by atoms with Crippen molar-refractivity contribution in [3.8, 4) is 0 Å². The van der Waals surface area contributed by atoms with Crippen LogP contribution in [0.25, 0.3) is 0 Å². The minimum absolute atomic E-state index is 0.0474. The van der Waals surface area contributed by atoms with Gasteiger partial charge in [0, 0.05) is 0 Å². The summed E-state index contributed by atoms with van der Waals surface area (Å²) in [5, 5.41) is 0. The zero-order valence-corrected chi connectivity index (χ0v) is 5.41. The van der Waals surface area contributed by atoms with Crippen LogP contribution in [0.2, 0.25) is 6.82 Å². The Labute approximate surface area is 55.8 Å². The van der Waals surface area contributed by atoms with Gasteiger partial charge in [0.05, 0.1) is 0 Å². The third-order valence-corrected chi connectivity index (χ3v) is 1.15. The van der Waals surface area contributed by atoms with E-state index in [4.69, 9.17) is 5.64 Å². The molecule has 0 unspecified atom stereocenters. The van der Waals surface area contributed by atoms with Gasteiger partial charge in [-0.3, -0.25) is 0 Å². The Bertz CT molecular complexity index is 176. The Hall–Kier alpha value is -0.630. The van der Waals surface area contributed by atoms with Gasteiger partial charge in [-0.25, -0.2) is 0 Å². The van der Waals surface area contributed by atoms with E-state index in [9.17, 15) is 0 Å². The second-order valence-electron chi connectivity index (χ2n) is 2.04. The van der Waals surface area contributed by atoms with E-state index in [1.165, 1.54) is 0 Å². The van der Waals surface area contributed by atoms with Crippen LogP contribution in [0.5, 0.6) is 0 Å². The van der Waals surface area contributed by atoms with Crippen LogP contribution in [0.3, 0.4) is 0 Å². The molecule has 0 spiro atoms. The zero-order chi connectivity index (χ0) is 6.69. The van der Waals surface area contributed by atoms with Gasteiger partial charge in [0.1, 0.15) is 0 Å². The molecule has 0 aromatic carbocycles. The van der Waals surface area contributed by atoms with E-state index in [1.54, 1.807) is 7.05 Å². The first-order valence-electron chi connectivity index (χ1n) is 2.97. The zero-order valence-electron chi connectivity index (χ0n) is 5.41. The Kier molecular flexibility index (Phi) is 2.01. The van der Waals surface area contributed by atoms with E-state index < -0.39 is 0 Å². The van der Waals surface area contributed by atoms with Gasteiger partial charge in [-0.05, 0) is 0 Å². The fourth-order valence-corrected chi connectivity index (χ4v) is 0.645. The summed E-state index contributed by atoms with van der Waals surface area (Å²) < 4.78 is 0. The van der Waals surface area contributed by atoms with Crippen molar-refractivity contribution in [2.45, 2.75) is 6.82 Å². The molecule has 1 aromatic rings. The minimum atomic E-state index is 0.0474. The molecule has 0 saturated heterocycles. The Morgan fingerprint density at radius 1 is 1.78 bits per heavy atom. The first kappa shape index (κ1) is 6.49. The molecule has 0 atom stereocenters. The fourth-order valence-electron chi connectivity index (χ4n) is 0.645. The van der Waals surface area contributed by atoms with E-state index in [2.05, 4.69) is 4.89 Å². The summed E-state index contributed by atoms with van der Waals surface area (Å²) in [6.07, 6.45) is 0. The molecule has 2 N–H and O–H groups in total. The molecule has 0 fully saturated rings.